The first-order chi connectivity index (χ1) is 11.9. The zero-order valence-electron chi connectivity index (χ0n) is 13.6. The molecule has 1 aliphatic heterocycles. The third-order valence-corrected chi connectivity index (χ3v) is 4.32. The van der Waals surface area contributed by atoms with E-state index in [1.807, 2.05) is 0 Å². The second-order valence-corrected chi connectivity index (χ2v) is 6.21. The number of aromatic nitrogens is 1. The number of hydrogen-bond donors (Lipinski definition) is 0. The van der Waals surface area contributed by atoms with E-state index < -0.39 is 11.7 Å². The summed E-state index contributed by atoms with van der Waals surface area (Å²) in [6.07, 6.45) is -3.46. The Kier molecular flexibility index (Phi) is 5.34. The van der Waals surface area contributed by atoms with Crippen LogP contribution in [0.25, 0.3) is 0 Å². The van der Waals surface area contributed by atoms with E-state index in [1.54, 1.807) is 12.1 Å². The molecule has 0 radical (unpaired) electrons. The molecule has 7 heteroatoms. The van der Waals surface area contributed by atoms with Gasteiger partial charge in [-0.3, -0.25) is 14.8 Å². The van der Waals surface area contributed by atoms with Crippen LogP contribution in [-0.4, -0.2) is 41.0 Å². The fourth-order valence-electron chi connectivity index (χ4n) is 2.87. The van der Waals surface area contributed by atoms with Gasteiger partial charge in [0.2, 0.25) is 0 Å². The van der Waals surface area contributed by atoms with E-state index in [4.69, 9.17) is 0 Å². The number of nitrogens with zero attached hydrogens (tertiary/aromatic N) is 3. The second-order valence-electron chi connectivity index (χ2n) is 6.21. The van der Waals surface area contributed by atoms with Crippen molar-refractivity contribution in [2.45, 2.75) is 19.3 Å². The molecule has 1 aromatic carbocycles. The number of hydrogen-bond acceptors (Lipinski definition) is 3. The Bertz CT molecular complexity index is 675. The molecule has 0 saturated carbocycles. The van der Waals surface area contributed by atoms with Crippen LogP contribution >= 0.6 is 0 Å². The standard InChI is InChI=1S/C18H19F4N3/c19-16-4-1-14(2-5-16)12-24-7-9-25(10-8-24)13-17-6-3-15(11-23-17)18(20,21)22/h1-6,11H,7-10,12-13H2. The van der Waals surface area contributed by atoms with Gasteiger partial charge in [0.05, 0.1) is 11.3 Å². The Hall–Kier alpha value is -1.99. The summed E-state index contributed by atoms with van der Waals surface area (Å²) in [5.41, 5.74) is 0.986. The van der Waals surface area contributed by atoms with Gasteiger partial charge in [-0.1, -0.05) is 12.1 Å². The van der Waals surface area contributed by atoms with Crippen molar-refractivity contribution in [2.24, 2.45) is 0 Å². The lowest BCUT2D eigenvalue weighted by Crippen LogP contribution is -2.45. The lowest BCUT2D eigenvalue weighted by molar-refractivity contribution is -0.137. The van der Waals surface area contributed by atoms with Gasteiger partial charge >= 0.3 is 6.18 Å². The van der Waals surface area contributed by atoms with Crippen molar-refractivity contribution in [3.63, 3.8) is 0 Å². The van der Waals surface area contributed by atoms with Crippen molar-refractivity contribution >= 4 is 0 Å². The van der Waals surface area contributed by atoms with Crippen LogP contribution in [-0.2, 0) is 19.3 Å². The molecule has 0 N–H and O–H groups in total. The Balaban J connectivity index is 1.48. The van der Waals surface area contributed by atoms with Crippen LogP contribution in [0.15, 0.2) is 42.6 Å². The van der Waals surface area contributed by atoms with Crippen LogP contribution in [0.2, 0.25) is 0 Å². The Morgan fingerprint density at radius 3 is 1.96 bits per heavy atom. The summed E-state index contributed by atoms with van der Waals surface area (Å²) < 4.78 is 50.6. The van der Waals surface area contributed by atoms with Crippen molar-refractivity contribution in [1.29, 1.82) is 0 Å². The molecule has 134 valence electrons. The topological polar surface area (TPSA) is 19.4 Å². The van der Waals surface area contributed by atoms with Gasteiger partial charge in [-0.15, -0.1) is 0 Å². The quantitative estimate of drug-likeness (QED) is 0.784. The van der Waals surface area contributed by atoms with Crippen LogP contribution in [0, 0.1) is 5.82 Å². The Morgan fingerprint density at radius 1 is 0.840 bits per heavy atom. The van der Waals surface area contributed by atoms with Gasteiger partial charge in [0, 0.05) is 45.5 Å². The van der Waals surface area contributed by atoms with Gasteiger partial charge in [0.1, 0.15) is 5.82 Å². The molecule has 0 bridgehead atoms. The summed E-state index contributed by atoms with van der Waals surface area (Å²) in [4.78, 5) is 8.38. The zero-order valence-corrected chi connectivity index (χ0v) is 13.6. The first-order valence-electron chi connectivity index (χ1n) is 8.11. The molecular formula is C18H19F4N3. The summed E-state index contributed by atoms with van der Waals surface area (Å²) in [7, 11) is 0. The predicted molar refractivity (Wildman–Crippen MR) is 86.2 cm³/mol. The largest absolute Gasteiger partial charge is 0.417 e. The van der Waals surface area contributed by atoms with Crippen LogP contribution < -0.4 is 0 Å². The van der Waals surface area contributed by atoms with Crippen LogP contribution in [0.4, 0.5) is 17.6 Å². The number of rotatable bonds is 4. The minimum absolute atomic E-state index is 0.238. The number of piperazine rings is 1. The molecule has 3 nitrogen and oxygen atoms in total. The van der Waals surface area contributed by atoms with Crippen molar-refractivity contribution in [3.8, 4) is 0 Å². The summed E-state index contributed by atoms with van der Waals surface area (Å²) in [6, 6.07) is 9.01. The van der Waals surface area contributed by atoms with E-state index in [0.717, 1.165) is 50.6 Å². The Morgan fingerprint density at radius 2 is 1.44 bits per heavy atom. The first kappa shape index (κ1) is 17.8. The fraction of sp³-hybridized carbons (Fsp3) is 0.389. The molecule has 0 atom stereocenters. The number of pyridine rings is 1. The highest BCUT2D eigenvalue weighted by molar-refractivity contribution is 5.17. The van der Waals surface area contributed by atoms with Gasteiger partial charge in [0.25, 0.3) is 0 Å². The molecular weight excluding hydrogens is 334 g/mol. The van der Waals surface area contributed by atoms with Crippen LogP contribution in [0.1, 0.15) is 16.8 Å². The molecule has 0 spiro atoms. The summed E-state index contributed by atoms with van der Waals surface area (Å²) in [5.74, 6) is -0.238. The maximum Gasteiger partial charge on any atom is 0.417 e. The van der Waals surface area contributed by atoms with E-state index >= 15 is 0 Å². The zero-order chi connectivity index (χ0) is 17.9. The van der Waals surface area contributed by atoms with Gasteiger partial charge < -0.3 is 0 Å². The molecule has 1 saturated heterocycles. The third kappa shape index (κ3) is 4.99. The van der Waals surface area contributed by atoms with Crippen molar-refractivity contribution in [3.05, 3.63) is 65.2 Å². The van der Waals surface area contributed by atoms with Crippen molar-refractivity contribution in [1.82, 2.24) is 14.8 Å². The maximum absolute atomic E-state index is 12.9. The van der Waals surface area contributed by atoms with Crippen LogP contribution in [0.5, 0.6) is 0 Å². The Labute approximate surface area is 143 Å². The van der Waals surface area contributed by atoms with E-state index in [1.165, 1.54) is 18.2 Å². The molecule has 1 fully saturated rings. The van der Waals surface area contributed by atoms with Gasteiger partial charge in [-0.25, -0.2) is 4.39 Å². The third-order valence-electron chi connectivity index (χ3n) is 4.32. The van der Waals surface area contributed by atoms with Gasteiger partial charge in [-0.05, 0) is 29.8 Å². The molecule has 0 unspecified atom stereocenters. The van der Waals surface area contributed by atoms with E-state index in [9.17, 15) is 17.6 Å². The lowest BCUT2D eigenvalue weighted by atomic mass is 10.2. The van der Waals surface area contributed by atoms with E-state index in [-0.39, 0.29) is 5.82 Å². The normalized spacial score (nSPS) is 17.0. The van der Waals surface area contributed by atoms with Crippen molar-refractivity contribution < 1.29 is 17.6 Å². The number of halogens is 4. The molecule has 3 rings (SSSR count). The molecule has 0 amide bonds. The average molecular weight is 353 g/mol. The highest BCUT2D eigenvalue weighted by atomic mass is 19.4. The molecule has 1 aliphatic rings. The summed E-state index contributed by atoms with van der Waals surface area (Å²) in [6.45, 7) is 4.68. The highest BCUT2D eigenvalue weighted by Crippen LogP contribution is 2.28. The highest BCUT2D eigenvalue weighted by Gasteiger charge is 2.30. The fourth-order valence-corrected chi connectivity index (χ4v) is 2.87. The minimum atomic E-state index is -4.35. The second kappa shape index (κ2) is 7.49. The van der Waals surface area contributed by atoms with Gasteiger partial charge in [-0.2, -0.15) is 13.2 Å². The molecule has 2 aromatic rings. The van der Waals surface area contributed by atoms with E-state index in [0.29, 0.717) is 12.2 Å². The molecule has 1 aromatic heterocycles. The first-order valence-corrected chi connectivity index (χ1v) is 8.11. The molecule has 0 aliphatic carbocycles. The monoisotopic (exact) mass is 353 g/mol. The van der Waals surface area contributed by atoms with Gasteiger partial charge in [0.15, 0.2) is 0 Å². The van der Waals surface area contributed by atoms with Crippen molar-refractivity contribution in [2.75, 3.05) is 26.2 Å². The van der Waals surface area contributed by atoms with E-state index in [2.05, 4.69) is 14.8 Å². The lowest BCUT2D eigenvalue weighted by Gasteiger charge is -2.34. The maximum atomic E-state index is 12.9. The SMILES string of the molecule is Fc1ccc(CN2CCN(Cc3ccc(C(F)(F)F)cn3)CC2)cc1. The number of alkyl halides is 3. The summed E-state index contributed by atoms with van der Waals surface area (Å²) >= 11 is 0. The predicted octanol–water partition coefficient (Wildman–Crippen LogP) is 3.56. The summed E-state index contributed by atoms with van der Waals surface area (Å²) in [5, 5.41) is 0. The molecule has 2 heterocycles. The number of benzene rings is 1. The average Bonchev–Trinajstić information content (AvgIpc) is 2.58. The molecule has 25 heavy (non-hydrogen) atoms. The smallest absolute Gasteiger partial charge is 0.297 e. The van der Waals surface area contributed by atoms with Crippen LogP contribution in [0.3, 0.4) is 0 Å². The minimum Gasteiger partial charge on any atom is -0.297 e.